The van der Waals surface area contributed by atoms with Crippen molar-refractivity contribution in [1.82, 2.24) is 5.32 Å². The van der Waals surface area contributed by atoms with Gasteiger partial charge < -0.3 is 4.90 Å². The predicted octanol–water partition coefficient (Wildman–Crippen LogP) is 3.07. The monoisotopic (exact) mass is 353 g/mol. The Labute approximate surface area is 149 Å². The Morgan fingerprint density at radius 2 is 1.92 bits per heavy atom. The second kappa shape index (κ2) is 7.23. The van der Waals surface area contributed by atoms with E-state index in [9.17, 15) is 14.9 Å². The Kier molecular flexibility index (Phi) is 4.85. The van der Waals surface area contributed by atoms with E-state index in [0.717, 1.165) is 18.7 Å². The van der Waals surface area contributed by atoms with Crippen molar-refractivity contribution in [3.63, 3.8) is 0 Å². The van der Waals surface area contributed by atoms with E-state index in [4.69, 9.17) is 12.2 Å². The third-order valence-corrected chi connectivity index (χ3v) is 4.22. The highest BCUT2D eigenvalue weighted by Crippen LogP contribution is 2.27. The lowest BCUT2D eigenvalue weighted by Crippen LogP contribution is -2.41. The highest BCUT2D eigenvalue weighted by molar-refractivity contribution is 7.80. The van der Waals surface area contributed by atoms with Crippen LogP contribution < -0.4 is 10.2 Å². The average Bonchev–Trinajstić information content (AvgIpc) is 3.04. The molecule has 0 aromatic heterocycles. The van der Waals surface area contributed by atoms with E-state index in [-0.39, 0.29) is 11.6 Å². The number of nitrogens with one attached hydrogen (secondary N) is 1. The van der Waals surface area contributed by atoms with Crippen LogP contribution in [0, 0.1) is 10.1 Å². The van der Waals surface area contributed by atoms with Gasteiger partial charge in [0.25, 0.3) is 5.69 Å². The third-order valence-electron chi connectivity index (χ3n) is 3.89. The van der Waals surface area contributed by atoms with Gasteiger partial charge in [0.1, 0.15) is 0 Å². The number of thiocarbonyl (C=S) groups is 1. The number of carbonyl (C=O) groups excluding carboxylic acids is 1. The van der Waals surface area contributed by atoms with E-state index < -0.39 is 4.92 Å². The first-order valence-electron chi connectivity index (χ1n) is 7.67. The van der Waals surface area contributed by atoms with Crippen molar-refractivity contribution in [3.05, 3.63) is 75.8 Å². The number of non-ortho nitro benzene ring substituents is 1. The highest BCUT2D eigenvalue weighted by Gasteiger charge is 2.22. The molecule has 1 heterocycles. The Hall–Kier alpha value is -3.06. The van der Waals surface area contributed by atoms with Crippen LogP contribution in [-0.2, 0) is 11.2 Å². The maximum atomic E-state index is 12.1. The average molecular weight is 353 g/mol. The van der Waals surface area contributed by atoms with Gasteiger partial charge in [-0.2, -0.15) is 0 Å². The van der Waals surface area contributed by atoms with Crippen molar-refractivity contribution in [2.45, 2.75) is 6.42 Å². The van der Waals surface area contributed by atoms with E-state index in [0.29, 0.717) is 10.7 Å². The van der Waals surface area contributed by atoms with Crippen molar-refractivity contribution in [1.29, 1.82) is 0 Å². The standard InChI is InChI=1S/C18H15N3O3S/c22-17(10-7-13-5-8-15(9-6-13)21(23)24)19-18(25)20-12-11-14-3-1-2-4-16(14)20/h1-10H,11-12H2,(H,19,22,25)/b10-7+. The summed E-state index contributed by atoms with van der Waals surface area (Å²) < 4.78 is 0. The molecule has 2 aromatic rings. The van der Waals surface area contributed by atoms with Gasteiger partial charge in [-0.1, -0.05) is 18.2 Å². The fourth-order valence-corrected chi connectivity index (χ4v) is 2.93. The first-order chi connectivity index (χ1) is 12.0. The van der Waals surface area contributed by atoms with E-state index in [1.54, 1.807) is 18.2 Å². The van der Waals surface area contributed by atoms with E-state index in [1.807, 2.05) is 29.2 Å². The number of nitro groups is 1. The number of rotatable bonds is 3. The zero-order valence-corrected chi connectivity index (χ0v) is 14.0. The lowest BCUT2D eigenvalue weighted by Gasteiger charge is -2.19. The fourth-order valence-electron chi connectivity index (χ4n) is 2.64. The van der Waals surface area contributed by atoms with Crippen LogP contribution in [0.4, 0.5) is 11.4 Å². The number of nitrogens with zero attached hydrogens (tertiary/aromatic N) is 2. The molecule has 1 amide bonds. The van der Waals surface area contributed by atoms with Crippen molar-refractivity contribution in [2.24, 2.45) is 0 Å². The van der Waals surface area contributed by atoms with Crippen LogP contribution >= 0.6 is 12.2 Å². The second-order valence-electron chi connectivity index (χ2n) is 5.51. The largest absolute Gasteiger partial charge is 0.318 e. The summed E-state index contributed by atoms with van der Waals surface area (Å²) in [6.45, 7) is 0.741. The molecule has 1 aliphatic rings. The summed E-state index contributed by atoms with van der Waals surface area (Å²) in [5.41, 5.74) is 2.93. The summed E-state index contributed by atoms with van der Waals surface area (Å²) in [4.78, 5) is 24.1. The molecule has 126 valence electrons. The number of benzene rings is 2. The third kappa shape index (κ3) is 3.89. The molecule has 0 radical (unpaired) electrons. The first-order valence-corrected chi connectivity index (χ1v) is 8.08. The lowest BCUT2D eigenvalue weighted by molar-refractivity contribution is -0.384. The van der Waals surface area contributed by atoms with Gasteiger partial charge in [0.2, 0.25) is 5.91 Å². The number of carbonyl (C=O) groups is 1. The van der Waals surface area contributed by atoms with Gasteiger partial charge in [-0.05, 0) is 54.0 Å². The number of hydrogen-bond acceptors (Lipinski definition) is 4. The molecule has 1 aliphatic heterocycles. The van der Waals surface area contributed by atoms with Crippen molar-refractivity contribution >= 4 is 40.7 Å². The zero-order valence-electron chi connectivity index (χ0n) is 13.2. The van der Waals surface area contributed by atoms with Crippen molar-refractivity contribution < 1.29 is 9.72 Å². The predicted molar refractivity (Wildman–Crippen MR) is 100 cm³/mol. The van der Waals surface area contributed by atoms with Gasteiger partial charge in [0, 0.05) is 30.4 Å². The molecule has 0 atom stereocenters. The summed E-state index contributed by atoms with van der Waals surface area (Å²) in [7, 11) is 0. The van der Waals surface area contributed by atoms with Crippen LogP contribution in [0.3, 0.4) is 0 Å². The SMILES string of the molecule is O=C(/C=C/c1ccc([N+](=O)[O-])cc1)NC(=S)N1CCc2ccccc21. The number of hydrogen-bond donors (Lipinski definition) is 1. The van der Waals surface area contributed by atoms with Gasteiger partial charge in [-0.15, -0.1) is 0 Å². The topological polar surface area (TPSA) is 75.5 Å². The molecule has 0 fully saturated rings. The van der Waals surface area contributed by atoms with Crippen LogP contribution in [0.2, 0.25) is 0 Å². The Bertz CT molecular complexity index is 862. The summed E-state index contributed by atoms with van der Waals surface area (Å²) in [5, 5.41) is 13.7. The second-order valence-corrected chi connectivity index (χ2v) is 5.89. The molecule has 0 bridgehead atoms. The molecule has 0 spiro atoms. The van der Waals surface area contributed by atoms with Crippen molar-refractivity contribution in [2.75, 3.05) is 11.4 Å². The van der Waals surface area contributed by atoms with Gasteiger partial charge in [0.05, 0.1) is 4.92 Å². The van der Waals surface area contributed by atoms with E-state index in [1.165, 1.54) is 23.8 Å². The highest BCUT2D eigenvalue weighted by atomic mass is 32.1. The molecular weight excluding hydrogens is 338 g/mol. The number of nitro benzene ring substituents is 1. The maximum Gasteiger partial charge on any atom is 0.269 e. The van der Waals surface area contributed by atoms with Gasteiger partial charge in [-0.25, -0.2) is 0 Å². The minimum Gasteiger partial charge on any atom is -0.318 e. The molecule has 0 unspecified atom stereocenters. The van der Waals surface area contributed by atoms with Crippen LogP contribution in [0.1, 0.15) is 11.1 Å². The summed E-state index contributed by atoms with van der Waals surface area (Å²) in [6.07, 6.45) is 3.83. The molecule has 6 nitrogen and oxygen atoms in total. The fraction of sp³-hybridized carbons (Fsp3) is 0.111. The number of anilines is 1. The van der Waals surface area contributed by atoms with Gasteiger partial charge >= 0.3 is 0 Å². The molecule has 7 heteroatoms. The quantitative estimate of drug-likeness (QED) is 0.397. The lowest BCUT2D eigenvalue weighted by atomic mass is 10.2. The molecule has 0 saturated heterocycles. The van der Waals surface area contributed by atoms with Crippen LogP contribution in [0.25, 0.3) is 6.08 Å². The zero-order chi connectivity index (χ0) is 17.8. The minimum absolute atomic E-state index is 0.00970. The van der Waals surface area contributed by atoms with E-state index >= 15 is 0 Å². The summed E-state index contributed by atoms with van der Waals surface area (Å²) in [6, 6.07) is 13.9. The van der Waals surface area contributed by atoms with Crippen LogP contribution in [0.5, 0.6) is 0 Å². The molecule has 2 aromatic carbocycles. The van der Waals surface area contributed by atoms with Crippen LogP contribution in [0.15, 0.2) is 54.6 Å². The number of para-hydroxylation sites is 1. The van der Waals surface area contributed by atoms with Crippen LogP contribution in [-0.4, -0.2) is 22.5 Å². The van der Waals surface area contributed by atoms with Crippen molar-refractivity contribution in [3.8, 4) is 0 Å². The normalized spacial score (nSPS) is 12.9. The number of fused-ring (bicyclic) bond motifs is 1. The van der Waals surface area contributed by atoms with E-state index in [2.05, 4.69) is 5.32 Å². The molecular formula is C18H15N3O3S. The van der Waals surface area contributed by atoms with Gasteiger partial charge in [-0.3, -0.25) is 20.2 Å². The molecule has 1 N–H and O–H groups in total. The molecule has 25 heavy (non-hydrogen) atoms. The molecule has 0 saturated carbocycles. The first kappa shape index (κ1) is 16.8. The van der Waals surface area contributed by atoms with Gasteiger partial charge in [0.15, 0.2) is 5.11 Å². The molecule has 3 rings (SSSR count). The number of amides is 1. The minimum atomic E-state index is -0.466. The maximum absolute atomic E-state index is 12.1. The smallest absolute Gasteiger partial charge is 0.269 e. The Morgan fingerprint density at radius 1 is 1.20 bits per heavy atom. The molecule has 0 aliphatic carbocycles. The Morgan fingerprint density at radius 3 is 2.64 bits per heavy atom. The Balaban J connectivity index is 1.61. The summed E-state index contributed by atoms with van der Waals surface area (Å²) >= 11 is 5.33. The summed E-state index contributed by atoms with van der Waals surface area (Å²) in [5.74, 6) is -0.340.